The summed E-state index contributed by atoms with van der Waals surface area (Å²) in [6.07, 6.45) is 2.17. The fourth-order valence-electron chi connectivity index (χ4n) is 1.93. The Labute approximate surface area is 123 Å². The van der Waals surface area contributed by atoms with E-state index in [-0.39, 0.29) is 0 Å². The molecule has 100 valence electrons. The molecule has 0 amide bonds. The van der Waals surface area contributed by atoms with Crippen LogP contribution >= 0.6 is 22.9 Å². The smallest absolute Gasteiger partial charge is 0.335 e. The number of aromatic carboxylic acids is 1. The van der Waals surface area contributed by atoms with Gasteiger partial charge < -0.3 is 5.11 Å². The number of aromatic nitrogens is 2. The van der Waals surface area contributed by atoms with E-state index in [1.54, 1.807) is 23.5 Å². The molecule has 0 atom stereocenters. The molecular weight excluding hydrogens is 296 g/mol. The van der Waals surface area contributed by atoms with Crippen LogP contribution in [0.25, 0.3) is 10.2 Å². The van der Waals surface area contributed by atoms with Gasteiger partial charge in [0.25, 0.3) is 0 Å². The molecule has 1 aromatic carbocycles. The van der Waals surface area contributed by atoms with E-state index in [9.17, 15) is 4.79 Å². The molecule has 0 aliphatic rings. The molecule has 0 saturated heterocycles. The van der Waals surface area contributed by atoms with E-state index in [2.05, 4.69) is 9.97 Å². The molecule has 2 heterocycles. The Balaban J connectivity index is 1.89. The Bertz CT molecular complexity index is 783. The molecule has 0 saturated carbocycles. The predicted octanol–water partition coefficient (Wildman–Crippen LogP) is 3.63. The molecule has 1 N–H and O–H groups in total. The van der Waals surface area contributed by atoms with Gasteiger partial charge in [0.15, 0.2) is 0 Å². The van der Waals surface area contributed by atoms with E-state index >= 15 is 0 Å². The molecule has 2 aromatic heterocycles. The van der Waals surface area contributed by atoms with Crippen molar-refractivity contribution in [1.82, 2.24) is 9.97 Å². The molecular formula is C14H9ClN2O2S. The Morgan fingerprint density at radius 2 is 2.00 bits per heavy atom. The summed E-state index contributed by atoms with van der Waals surface area (Å²) in [7, 11) is 0. The number of carboxylic acids is 1. The summed E-state index contributed by atoms with van der Waals surface area (Å²) in [4.78, 5) is 20.9. The molecule has 0 fully saturated rings. The van der Waals surface area contributed by atoms with Crippen molar-refractivity contribution < 1.29 is 9.90 Å². The van der Waals surface area contributed by atoms with Crippen molar-refractivity contribution in [3.63, 3.8) is 0 Å². The van der Waals surface area contributed by atoms with Gasteiger partial charge in [-0.1, -0.05) is 23.7 Å². The molecule has 0 bridgehead atoms. The SMILES string of the molecule is O=C(O)c1ccc(Cc2cc3c(Cl)ncnc3s2)cc1. The van der Waals surface area contributed by atoms with Crippen molar-refractivity contribution in [3.05, 3.63) is 57.8 Å². The second kappa shape index (κ2) is 5.19. The van der Waals surface area contributed by atoms with E-state index in [4.69, 9.17) is 16.7 Å². The lowest BCUT2D eigenvalue weighted by Gasteiger charge is -1.99. The van der Waals surface area contributed by atoms with Crippen LogP contribution in [0.2, 0.25) is 5.15 Å². The van der Waals surface area contributed by atoms with Gasteiger partial charge in [-0.2, -0.15) is 0 Å². The highest BCUT2D eigenvalue weighted by molar-refractivity contribution is 7.18. The predicted molar refractivity (Wildman–Crippen MR) is 78.6 cm³/mol. The highest BCUT2D eigenvalue weighted by Gasteiger charge is 2.08. The van der Waals surface area contributed by atoms with E-state index < -0.39 is 5.97 Å². The van der Waals surface area contributed by atoms with Crippen LogP contribution in [0.3, 0.4) is 0 Å². The Kier molecular flexibility index (Phi) is 3.38. The summed E-state index contributed by atoms with van der Waals surface area (Å²) >= 11 is 7.58. The van der Waals surface area contributed by atoms with Crippen LogP contribution in [0.4, 0.5) is 0 Å². The number of benzene rings is 1. The second-order valence-electron chi connectivity index (χ2n) is 4.27. The first-order chi connectivity index (χ1) is 9.63. The number of nitrogens with zero attached hydrogens (tertiary/aromatic N) is 2. The summed E-state index contributed by atoms with van der Waals surface area (Å²) in [5, 5.41) is 10.2. The molecule has 6 heteroatoms. The first-order valence-electron chi connectivity index (χ1n) is 5.84. The number of carbonyl (C=O) groups is 1. The minimum Gasteiger partial charge on any atom is -0.478 e. The van der Waals surface area contributed by atoms with Crippen molar-refractivity contribution in [2.24, 2.45) is 0 Å². The lowest BCUT2D eigenvalue weighted by atomic mass is 10.1. The maximum Gasteiger partial charge on any atom is 0.335 e. The standard InChI is InChI=1S/C14H9ClN2O2S/c15-12-11-6-10(20-13(11)17-7-16-12)5-8-1-3-9(4-2-8)14(18)19/h1-4,6-7H,5H2,(H,18,19). The summed E-state index contributed by atoms with van der Waals surface area (Å²) in [5.41, 5.74) is 1.34. The summed E-state index contributed by atoms with van der Waals surface area (Å²) in [6, 6.07) is 8.84. The van der Waals surface area contributed by atoms with Gasteiger partial charge >= 0.3 is 5.97 Å². The summed E-state index contributed by atoms with van der Waals surface area (Å²) < 4.78 is 0. The molecule has 20 heavy (non-hydrogen) atoms. The fraction of sp³-hybridized carbons (Fsp3) is 0.0714. The average Bonchev–Trinajstić information content (AvgIpc) is 2.83. The lowest BCUT2D eigenvalue weighted by molar-refractivity contribution is 0.0697. The minimum absolute atomic E-state index is 0.291. The van der Waals surface area contributed by atoms with E-state index in [0.29, 0.717) is 10.7 Å². The topological polar surface area (TPSA) is 63.1 Å². The molecule has 0 spiro atoms. The number of hydrogen-bond acceptors (Lipinski definition) is 4. The largest absolute Gasteiger partial charge is 0.478 e. The average molecular weight is 305 g/mol. The number of rotatable bonds is 3. The fourth-order valence-corrected chi connectivity index (χ4v) is 3.20. The third-order valence-corrected chi connectivity index (χ3v) is 4.26. The molecule has 3 aromatic rings. The summed E-state index contributed by atoms with van der Waals surface area (Å²) in [6.45, 7) is 0. The van der Waals surface area contributed by atoms with Gasteiger partial charge in [0.05, 0.1) is 5.56 Å². The van der Waals surface area contributed by atoms with Crippen LogP contribution in [-0.4, -0.2) is 21.0 Å². The Morgan fingerprint density at radius 3 is 2.65 bits per heavy atom. The molecule has 0 radical (unpaired) electrons. The van der Waals surface area contributed by atoms with Gasteiger partial charge in [-0.15, -0.1) is 11.3 Å². The molecule has 0 aliphatic heterocycles. The van der Waals surface area contributed by atoms with Crippen LogP contribution in [-0.2, 0) is 6.42 Å². The number of hydrogen-bond donors (Lipinski definition) is 1. The van der Waals surface area contributed by atoms with Gasteiger partial charge in [0.1, 0.15) is 16.3 Å². The number of fused-ring (bicyclic) bond motifs is 1. The highest BCUT2D eigenvalue weighted by Crippen LogP contribution is 2.29. The van der Waals surface area contributed by atoms with Crippen LogP contribution in [0.15, 0.2) is 36.7 Å². The maximum absolute atomic E-state index is 10.8. The molecule has 0 unspecified atom stereocenters. The van der Waals surface area contributed by atoms with Crippen molar-refractivity contribution in [2.45, 2.75) is 6.42 Å². The molecule has 4 nitrogen and oxygen atoms in total. The monoisotopic (exact) mass is 304 g/mol. The number of halogens is 1. The van der Waals surface area contributed by atoms with E-state index in [1.807, 2.05) is 18.2 Å². The lowest BCUT2D eigenvalue weighted by Crippen LogP contribution is -1.96. The van der Waals surface area contributed by atoms with Crippen molar-refractivity contribution in [1.29, 1.82) is 0 Å². The van der Waals surface area contributed by atoms with E-state index in [1.165, 1.54) is 6.33 Å². The minimum atomic E-state index is -0.916. The van der Waals surface area contributed by atoms with Crippen LogP contribution in [0.1, 0.15) is 20.8 Å². The first kappa shape index (κ1) is 13.0. The third kappa shape index (κ3) is 2.50. The van der Waals surface area contributed by atoms with E-state index in [0.717, 1.165) is 27.1 Å². The Hall–Kier alpha value is -1.98. The van der Waals surface area contributed by atoms with Gasteiger partial charge in [0, 0.05) is 16.7 Å². The third-order valence-electron chi connectivity index (χ3n) is 2.91. The van der Waals surface area contributed by atoms with Gasteiger partial charge in [0.2, 0.25) is 0 Å². The second-order valence-corrected chi connectivity index (χ2v) is 5.75. The van der Waals surface area contributed by atoms with Crippen molar-refractivity contribution >= 4 is 39.1 Å². The maximum atomic E-state index is 10.8. The zero-order chi connectivity index (χ0) is 14.1. The zero-order valence-corrected chi connectivity index (χ0v) is 11.8. The zero-order valence-electron chi connectivity index (χ0n) is 10.2. The molecule has 0 aliphatic carbocycles. The quantitative estimate of drug-likeness (QED) is 0.750. The number of carboxylic acid groups (broad SMARTS) is 1. The van der Waals surface area contributed by atoms with Crippen LogP contribution < -0.4 is 0 Å². The normalized spacial score (nSPS) is 10.8. The van der Waals surface area contributed by atoms with Crippen LogP contribution in [0.5, 0.6) is 0 Å². The molecule has 3 rings (SSSR count). The summed E-state index contributed by atoms with van der Waals surface area (Å²) in [5.74, 6) is -0.916. The van der Waals surface area contributed by atoms with Gasteiger partial charge in [-0.25, -0.2) is 14.8 Å². The van der Waals surface area contributed by atoms with Crippen LogP contribution in [0, 0.1) is 0 Å². The van der Waals surface area contributed by atoms with Gasteiger partial charge in [-0.3, -0.25) is 0 Å². The van der Waals surface area contributed by atoms with Crippen molar-refractivity contribution in [2.75, 3.05) is 0 Å². The first-order valence-corrected chi connectivity index (χ1v) is 7.04. The Morgan fingerprint density at radius 1 is 1.25 bits per heavy atom. The van der Waals surface area contributed by atoms with Gasteiger partial charge in [-0.05, 0) is 23.8 Å². The number of thiophene rings is 1. The highest BCUT2D eigenvalue weighted by atomic mass is 35.5. The van der Waals surface area contributed by atoms with Crippen molar-refractivity contribution in [3.8, 4) is 0 Å².